The summed E-state index contributed by atoms with van der Waals surface area (Å²) < 4.78 is 2.76. The molecule has 152 valence electrons. The molecule has 7 heteroatoms. The van der Waals surface area contributed by atoms with Crippen LogP contribution in [0.3, 0.4) is 0 Å². The van der Waals surface area contributed by atoms with E-state index < -0.39 is 0 Å². The zero-order chi connectivity index (χ0) is 21.2. The number of amides is 1. The van der Waals surface area contributed by atoms with Gasteiger partial charge in [0.25, 0.3) is 5.91 Å². The first-order valence-electron chi connectivity index (χ1n) is 9.83. The Morgan fingerprint density at radius 3 is 2.71 bits per heavy atom. The maximum Gasteiger partial charge on any atom is 0.253 e. The molecule has 2 aromatic heterocycles. The zero-order valence-electron chi connectivity index (χ0n) is 16.8. The Hall–Kier alpha value is -3.84. The van der Waals surface area contributed by atoms with Crippen molar-refractivity contribution in [3.63, 3.8) is 0 Å². The highest BCUT2D eigenvalue weighted by atomic mass is 32.1. The molecule has 0 radical (unpaired) electrons. The second-order valence-corrected chi connectivity index (χ2v) is 8.23. The Bertz CT molecular complexity index is 1350. The van der Waals surface area contributed by atoms with Gasteiger partial charge in [0.15, 0.2) is 0 Å². The van der Waals surface area contributed by atoms with Gasteiger partial charge in [0.1, 0.15) is 6.33 Å². The number of tetrazole rings is 1. The minimum atomic E-state index is -0.0571. The van der Waals surface area contributed by atoms with Crippen molar-refractivity contribution < 1.29 is 4.79 Å². The molecular formula is C24H19N5OS. The molecular weight excluding hydrogens is 406 g/mol. The van der Waals surface area contributed by atoms with Crippen LogP contribution in [0, 0.1) is 0 Å². The molecule has 0 unspecified atom stereocenters. The summed E-state index contributed by atoms with van der Waals surface area (Å²) in [7, 11) is 1.82. The maximum absolute atomic E-state index is 13.3. The van der Waals surface area contributed by atoms with Gasteiger partial charge in [0, 0.05) is 23.9 Å². The minimum absolute atomic E-state index is 0.0571. The van der Waals surface area contributed by atoms with Crippen molar-refractivity contribution in [3.8, 4) is 16.8 Å². The first kappa shape index (κ1) is 19.1. The number of thiophene rings is 1. The van der Waals surface area contributed by atoms with E-state index in [-0.39, 0.29) is 5.91 Å². The molecule has 6 nitrogen and oxygen atoms in total. The Labute approximate surface area is 183 Å². The molecule has 0 bridgehead atoms. The van der Waals surface area contributed by atoms with E-state index in [4.69, 9.17) is 0 Å². The van der Waals surface area contributed by atoms with Gasteiger partial charge in [-0.1, -0.05) is 48.5 Å². The second kappa shape index (κ2) is 8.12. The third kappa shape index (κ3) is 3.83. The van der Waals surface area contributed by atoms with Gasteiger partial charge in [-0.2, -0.15) is 0 Å². The van der Waals surface area contributed by atoms with Crippen LogP contribution in [0.15, 0.2) is 84.5 Å². The van der Waals surface area contributed by atoms with E-state index in [1.165, 1.54) is 16.4 Å². The molecule has 5 rings (SSSR count). The Kier molecular flexibility index (Phi) is 5.01. The summed E-state index contributed by atoms with van der Waals surface area (Å²) in [6.07, 6.45) is 1.53. The van der Waals surface area contributed by atoms with Gasteiger partial charge in [-0.15, -0.1) is 16.4 Å². The van der Waals surface area contributed by atoms with Crippen LogP contribution in [-0.2, 0) is 6.54 Å². The number of benzene rings is 3. The SMILES string of the molecule is CN(Cc1ccccc1)C(=O)c1cc(-c2cccc3ccsc23)cc(-n2cnnn2)c1. The second-order valence-electron chi connectivity index (χ2n) is 7.31. The van der Waals surface area contributed by atoms with E-state index in [2.05, 4.69) is 39.1 Å². The molecule has 0 saturated carbocycles. The molecule has 1 amide bonds. The first-order chi connectivity index (χ1) is 15.2. The van der Waals surface area contributed by atoms with Crippen molar-refractivity contribution in [2.24, 2.45) is 0 Å². The fourth-order valence-corrected chi connectivity index (χ4v) is 4.61. The predicted octanol–water partition coefficient (Wildman–Crippen LogP) is 4.82. The highest BCUT2D eigenvalue weighted by Crippen LogP contribution is 2.34. The summed E-state index contributed by atoms with van der Waals surface area (Å²) >= 11 is 1.69. The number of carbonyl (C=O) groups excluding carboxylic acids is 1. The van der Waals surface area contributed by atoms with Crippen molar-refractivity contribution in [2.75, 3.05) is 7.05 Å². The quantitative estimate of drug-likeness (QED) is 0.405. The summed E-state index contributed by atoms with van der Waals surface area (Å²) in [5.41, 5.74) is 4.46. The summed E-state index contributed by atoms with van der Waals surface area (Å²) in [5.74, 6) is -0.0571. The van der Waals surface area contributed by atoms with Gasteiger partial charge in [-0.3, -0.25) is 4.79 Å². The van der Waals surface area contributed by atoms with Gasteiger partial charge in [0.05, 0.1) is 5.69 Å². The molecule has 2 heterocycles. The van der Waals surface area contributed by atoms with Crippen LogP contribution < -0.4 is 0 Å². The molecule has 0 N–H and O–H groups in total. The molecule has 31 heavy (non-hydrogen) atoms. The lowest BCUT2D eigenvalue weighted by Crippen LogP contribution is -2.26. The van der Waals surface area contributed by atoms with Crippen molar-refractivity contribution in [3.05, 3.63) is 95.6 Å². The van der Waals surface area contributed by atoms with Crippen LogP contribution in [0.2, 0.25) is 0 Å². The average molecular weight is 426 g/mol. The van der Waals surface area contributed by atoms with Crippen LogP contribution in [0.1, 0.15) is 15.9 Å². The van der Waals surface area contributed by atoms with Crippen molar-refractivity contribution in [1.82, 2.24) is 25.1 Å². The molecule has 0 fully saturated rings. The topological polar surface area (TPSA) is 63.9 Å². The maximum atomic E-state index is 13.3. The molecule has 0 aliphatic carbocycles. The standard InChI is InChI=1S/C24H19N5OS/c1-28(15-17-6-3-2-4-7-17)24(30)20-12-19(13-21(14-20)29-16-25-26-27-29)22-9-5-8-18-10-11-31-23(18)22/h2-14,16H,15H2,1H3. The number of rotatable bonds is 5. The van der Waals surface area contributed by atoms with Crippen molar-refractivity contribution in [1.29, 1.82) is 0 Å². The first-order valence-corrected chi connectivity index (χ1v) is 10.7. The molecule has 0 aliphatic heterocycles. The average Bonchev–Trinajstić information content (AvgIpc) is 3.51. The number of hydrogen-bond donors (Lipinski definition) is 0. The summed E-state index contributed by atoms with van der Waals surface area (Å²) in [4.78, 5) is 15.1. The number of hydrogen-bond acceptors (Lipinski definition) is 5. The van der Waals surface area contributed by atoms with Crippen LogP contribution >= 0.6 is 11.3 Å². The third-order valence-electron chi connectivity index (χ3n) is 5.18. The van der Waals surface area contributed by atoms with Crippen LogP contribution in [0.25, 0.3) is 26.9 Å². The molecule has 0 aliphatic rings. The lowest BCUT2D eigenvalue weighted by Gasteiger charge is -2.19. The summed E-state index contributed by atoms with van der Waals surface area (Å²) in [6, 6.07) is 24.1. The Morgan fingerprint density at radius 1 is 1.03 bits per heavy atom. The van der Waals surface area contributed by atoms with Crippen molar-refractivity contribution in [2.45, 2.75) is 6.54 Å². The van der Waals surface area contributed by atoms with Gasteiger partial charge in [-0.25, -0.2) is 4.68 Å². The van der Waals surface area contributed by atoms with E-state index in [1.807, 2.05) is 61.6 Å². The largest absolute Gasteiger partial charge is 0.337 e. The smallest absolute Gasteiger partial charge is 0.253 e. The lowest BCUT2D eigenvalue weighted by molar-refractivity contribution is 0.0785. The highest BCUT2D eigenvalue weighted by Gasteiger charge is 2.17. The molecule has 5 aromatic rings. The lowest BCUT2D eigenvalue weighted by atomic mass is 10.00. The molecule has 3 aromatic carbocycles. The zero-order valence-corrected chi connectivity index (χ0v) is 17.7. The summed E-state index contributed by atoms with van der Waals surface area (Å²) in [6.45, 7) is 0.532. The fourth-order valence-electron chi connectivity index (χ4n) is 3.67. The fraction of sp³-hybridized carbons (Fsp3) is 0.0833. The van der Waals surface area contributed by atoms with Gasteiger partial charge in [-0.05, 0) is 62.1 Å². The monoisotopic (exact) mass is 425 g/mol. The van der Waals surface area contributed by atoms with E-state index >= 15 is 0 Å². The molecule has 0 atom stereocenters. The number of aromatic nitrogens is 4. The number of nitrogens with zero attached hydrogens (tertiary/aromatic N) is 5. The Balaban J connectivity index is 1.58. The number of carbonyl (C=O) groups is 1. The predicted molar refractivity (Wildman–Crippen MR) is 122 cm³/mol. The third-order valence-corrected chi connectivity index (χ3v) is 6.14. The Morgan fingerprint density at radius 2 is 1.90 bits per heavy atom. The van der Waals surface area contributed by atoms with Crippen LogP contribution in [-0.4, -0.2) is 38.1 Å². The molecule has 0 spiro atoms. The van der Waals surface area contributed by atoms with Gasteiger partial charge < -0.3 is 4.90 Å². The van der Waals surface area contributed by atoms with E-state index in [0.29, 0.717) is 12.1 Å². The van der Waals surface area contributed by atoms with E-state index in [9.17, 15) is 4.79 Å². The normalized spacial score (nSPS) is 11.0. The van der Waals surface area contributed by atoms with E-state index in [0.717, 1.165) is 22.4 Å². The van der Waals surface area contributed by atoms with Gasteiger partial charge >= 0.3 is 0 Å². The van der Waals surface area contributed by atoms with Crippen LogP contribution in [0.4, 0.5) is 0 Å². The van der Waals surface area contributed by atoms with E-state index in [1.54, 1.807) is 20.9 Å². The minimum Gasteiger partial charge on any atom is -0.337 e. The van der Waals surface area contributed by atoms with Crippen molar-refractivity contribution >= 4 is 27.3 Å². The molecule has 0 saturated heterocycles. The summed E-state index contributed by atoms with van der Waals surface area (Å²) in [5, 5.41) is 14.8. The van der Waals surface area contributed by atoms with Gasteiger partial charge in [0.2, 0.25) is 0 Å². The number of fused-ring (bicyclic) bond motifs is 1. The van der Waals surface area contributed by atoms with Crippen LogP contribution in [0.5, 0.6) is 0 Å². The highest BCUT2D eigenvalue weighted by molar-refractivity contribution is 7.17.